The summed E-state index contributed by atoms with van der Waals surface area (Å²) in [7, 11) is 0. The Balaban J connectivity index is 1.74. The number of Topliss-reactive ketones (excluding diaryl/α,β-unsaturated/α-hetero) is 1. The summed E-state index contributed by atoms with van der Waals surface area (Å²) < 4.78 is 1.90. The van der Waals surface area contributed by atoms with Gasteiger partial charge in [-0.05, 0) is 31.0 Å². The molecule has 0 saturated heterocycles. The highest BCUT2D eigenvalue weighted by molar-refractivity contribution is 8.00. The van der Waals surface area contributed by atoms with Crippen LogP contribution < -0.4 is 0 Å². The molecule has 0 N–H and O–H groups in total. The molecular formula is C18H19N3OS. The molecule has 0 bridgehead atoms. The third-order valence-electron chi connectivity index (χ3n) is 3.71. The first-order valence-electron chi connectivity index (χ1n) is 7.78. The topological polar surface area (TPSA) is 47.3 Å². The summed E-state index contributed by atoms with van der Waals surface area (Å²) in [5.41, 5.74) is 2.81. The number of ketones is 1. The highest BCUT2D eigenvalue weighted by Crippen LogP contribution is 2.24. The SMILES string of the molecule is CCCc1ccc(C(=O)C(C)Sc2nnc3ccccn23)cc1. The van der Waals surface area contributed by atoms with Gasteiger partial charge in [0.25, 0.3) is 0 Å². The molecule has 0 aliphatic carbocycles. The van der Waals surface area contributed by atoms with E-state index in [1.807, 2.05) is 60.0 Å². The summed E-state index contributed by atoms with van der Waals surface area (Å²) in [6.07, 6.45) is 4.07. The van der Waals surface area contributed by atoms with E-state index in [-0.39, 0.29) is 11.0 Å². The normalized spacial score (nSPS) is 12.4. The van der Waals surface area contributed by atoms with Crippen molar-refractivity contribution in [2.24, 2.45) is 0 Å². The van der Waals surface area contributed by atoms with Crippen molar-refractivity contribution >= 4 is 23.2 Å². The molecule has 0 fully saturated rings. The Morgan fingerprint density at radius 3 is 2.70 bits per heavy atom. The van der Waals surface area contributed by atoms with Gasteiger partial charge in [-0.3, -0.25) is 9.20 Å². The van der Waals surface area contributed by atoms with E-state index in [0.717, 1.165) is 29.2 Å². The predicted octanol–water partition coefficient (Wildman–Crippen LogP) is 4.05. The number of nitrogens with zero attached hydrogens (tertiary/aromatic N) is 3. The molecule has 4 nitrogen and oxygen atoms in total. The van der Waals surface area contributed by atoms with E-state index in [4.69, 9.17) is 0 Å². The molecule has 0 radical (unpaired) electrons. The monoisotopic (exact) mass is 325 g/mol. The second-order valence-corrected chi connectivity index (χ2v) is 6.79. The first-order chi connectivity index (χ1) is 11.2. The summed E-state index contributed by atoms with van der Waals surface area (Å²) >= 11 is 1.44. The van der Waals surface area contributed by atoms with Crippen LogP contribution in [-0.4, -0.2) is 25.6 Å². The Bertz CT molecular complexity index is 811. The quantitative estimate of drug-likeness (QED) is 0.507. The Labute approximate surface area is 139 Å². The number of benzene rings is 1. The fourth-order valence-corrected chi connectivity index (χ4v) is 3.39. The van der Waals surface area contributed by atoms with E-state index >= 15 is 0 Å². The van der Waals surface area contributed by atoms with Crippen LogP contribution in [0.1, 0.15) is 36.2 Å². The Morgan fingerprint density at radius 2 is 1.96 bits per heavy atom. The number of carbonyl (C=O) groups is 1. The minimum Gasteiger partial charge on any atom is -0.293 e. The maximum absolute atomic E-state index is 12.6. The Hall–Kier alpha value is -2.14. The minimum atomic E-state index is -0.209. The number of aromatic nitrogens is 3. The van der Waals surface area contributed by atoms with Gasteiger partial charge in [0.05, 0.1) is 5.25 Å². The first kappa shape index (κ1) is 15.7. The number of aryl methyl sites for hydroxylation is 1. The van der Waals surface area contributed by atoms with Gasteiger partial charge in [-0.15, -0.1) is 10.2 Å². The standard InChI is InChI=1S/C18H19N3OS/c1-3-6-14-8-10-15(11-9-14)17(22)13(2)23-18-20-19-16-7-4-5-12-21(16)18/h4-5,7-13H,3,6H2,1-2H3. The zero-order valence-electron chi connectivity index (χ0n) is 13.3. The molecule has 1 aromatic carbocycles. The molecule has 0 saturated carbocycles. The number of pyridine rings is 1. The smallest absolute Gasteiger partial charge is 0.196 e. The van der Waals surface area contributed by atoms with Gasteiger partial charge in [-0.1, -0.05) is 55.4 Å². The largest absolute Gasteiger partial charge is 0.293 e. The van der Waals surface area contributed by atoms with E-state index in [1.54, 1.807) is 0 Å². The van der Waals surface area contributed by atoms with Crippen molar-refractivity contribution in [2.75, 3.05) is 0 Å². The maximum Gasteiger partial charge on any atom is 0.196 e. The van der Waals surface area contributed by atoms with Crippen LogP contribution in [0.25, 0.3) is 5.65 Å². The number of rotatable bonds is 6. The molecule has 3 rings (SSSR count). The molecule has 0 spiro atoms. The molecule has 0 amide bonds. The van der Waals surface area contributed by atoms with E-state index in [0.29, 0.717) is 0 Å². The minimum absolute atomic E-state index is 0.116. The number of fused-ring (bicyclic) bond motifs is 1. The van der Waals surface area contributed by atoms with Crippen LogP contribution in [0, 0.1) is 0 Å². The van der Waals surface area contributed by atoms with Crippen molar-refractivity contribution in [3.8, 4) is 0 Å². The van der Waals surface area contributed by atoms with Crippen molar-refractivity contribution in [3.05, 3.63) is 59.8 Å². The average molecular weight is 325 g/mol. The van der Waals surface area contributed by atoms with Gasteiger partial charge in [0.2, 0.25) is 0 Å². The number of carbonyl (C=O) groups excluding carboxylic acids is 1. The predicted molar refractivity (Wildman–Crippen MR) is 93.1 cm³/mol. The summed E-state index contributed by atoms with van der Waals surface area (Å²) in [4.78, 5) is 12.6. The maximum atomic E-state index is 12.6. The average Bonchev–Trinajstić information content (AvgIpc) is 2.98. The molecular weight excluding hydrogens is 306 g/mol. The molecule has 2 aromatic heterocycles. The van der Waals surface area contributed by atoms with Crippen LogP contribution in [0.3, 0.4) is 0 Å². The molecule has 0 aliphatic heterocycles. The molecule has 5 heteroatoms. The highest BCUT2D eigenvalue weighted by Gasteiger charge is 2.19. The highest BCUT2D eigenvalue weighted by atomic mass is 32.2. The van der Waals surface area contributed by atoms with E-state index in [2.05, 4.69) is 17.1 Å². The van der Waals surface area contributed by atoms with Gasteiger partial charge in [0.1, 0.15) is 0 Å². The lowest BCUT2D eigenvalue weighted by atomic mass is 10.0. The number of hydrogen-bond acceptors (Lipinski definition) is 4. The lowest BCUT2D eigenvalue weighted by Gasteiger charge is -2.09. The van der Waals surface area contributed by atoms with Crippen molar-refractivity contribution in [2.45, 2.75) is 37.1 Å². The molecule has 3 aromatic rings. The van der Waals surface area contributed by atoms with Crippen LogP contribution in [0.4, 0.5) is 0 Å². The van der Waals surface area contributed by atoms with Gasteiger partial charge < -0.3 is 0 Å². The van der Waals surface area contributed by atoms with Crippen LogP contribution in [-0.2, 0) is 6.42 Å². The van der Waals surface area contributed by atoms with Gasteiger partial charge in [0.15, 0.2) is 16.6 Å². The first-order valence-corrected chi connectivity index (χ1v) is 8.66. The second-order valence-electron chi connectivity index (χ2n) is 5.48. The molecule has 1 atom stereocenters. The number of hydrogen-bond donors (Lipinski definition) is 0. The van der Waals surface area contributed by atoms with Crippen molar-refractivity contribution < 1.29 is 4.79 Å². The third-order valence-corrected chi connectivity index (χ3v) is 4.77. The Morgan fingerprint density at radius 1 is 1.17 bits per heavy atom. The van der Waals surface area contributed by atoms with Gasteiger partial charge in [-0.2, -0.15) is 0 Å². The van der Waals surface area contributed by atoms with E-state index in [1.165, 1.54) is 17.3 Å². The second kappa shape index (κ2) is 6.96. The molecule has 23 heavy (non-hydrogen) atoms. The molecule has 118 valence electrons. The van der Waals surface area contributed by atoms with E-state index < -0.39 is 0 Å². The van der Waals surface area contributed by atoms with Crippen molar-refractivity contribution in [3.63, 3.8) is 0 Å². The summed E-state index contributed by atoms with van der Waals surface area (Å²) in [6, 6.07) is 13.7. The van der Waals surface area contributed by atoms with Crippen LogP contribution >= 0.6 is 11.8 Å². The van der Waals surface area contributed by atoms with E-state index in [9.17, 15) is 4.79 Å². The summed E-state index contributed by atoms with van der Waals surface area (Å²) in [6.45, 7) is 4.07. The Kier molecular flexibility index (Phi) is 4.76. The molecule has 0 aliphatic rings. The van der Waals surface area contributed by atoms with Crippen LogP contribution in [0.2, 0.25) is 0 Å². The van der Waals surface area contributed by atoms with Crippen LogP contribution in [0.15, 0.2) is 53.8 Å². The zero-order valence-corrected chi connectivity index (χ0v) is 14.1. The fraction of sp³-hybridized carbons (Fsp3) is 0.278. The summed E-state index contributed by atoms with van der Waals surface area (Å²) in [5.74, 6) is 0.116. The van der Waals surface area contributed by atoms with Gasteiger partial charge in [0, 0.05) is 11.8 Å². The third kappa shape index (κ3) is 3.45. The van der Waals surface area contributed by atoms with Gasteiger partial charge >= 0.3 is 0 Å². The van der Waals surface area contributed by atoms with Gasteiger partial charge in [-0.25, -0.2) is 0 Å². The lowest BCUT2D eigenvalue weighted by Crippen LogP contribution is -2.14. The molecule has 2 heterocycles. The summed E-state index contributed by atoms with van der Waals surface area (Å²) in [5, 5.41) is 8.82. The fourth-order valence-electron chi connectivity index (χ4n) is 2.47. The zero-order chi connectivity index (χ0) is 16.2. The lowest BCUT2D eigenvalue weighted by molar-refractivity contribution is 0.0994. The molecule has 1 unspecified atom stereocenters. The van der Waals surface area contributed by atoms with Crippen molar-refractivity contribution in [1.29, 1.82) is 0 Å². The van der Waals surface area contributed by atoms with Crippen molar-refractivity contribution in [1.82, 2.24) is 14.6 Å². The number of thioether (sulfide) groups is 1. The van der Waals surface area contributed by atoms with Crippen LogP contribution in [0.5, 0.6) is 0 Å².